The Balaban J connectivity index is 2.02. The van der Waals surface area contributed by atoms with Crippen LogP contribution in [0.15, 0.2) is 24.3 Å². The molecule has 0 radical (unpaired) electrons. The van der Waals surface area contributed by atoms with Crippen LogP contribution in [0.4, 0.5) is 0 Å². The van der Waals surface area contributed by atoms with Crippen LogP contribution in [0.5, 0.6) is 0 Å². The predicted molar refractivity (Wildman–Crippen MR) is 60.9 cm³/mol. The summed E-state index contributed by atoms with van der Waals surface area (Å²) in [6, 6.07) is 7.98. The molecule has 0 aromatic heterocycles. The minimum Gasteiger partial charge on any atom is -0.342 e. The molecule has 1 aromatic rings. The number of benzene rings is 1. The Morgan fingerprint density at radius 1 is 1.47 bits per heavy atom. The molecular weight excluding hydrogens is 210 g/mol. The Bertz CT molecular complexity index is 374. The maximum atomic E-state index is 11.8. The van der Waals surface area contributed by atoms with E-state index >= 15 is 0 Å². The molecule has 0 unspecified atom stereocenters. The van der Waals surface area contributed by atoms with Crippen molar-refractivity contribution in [2.24, 2.45) is 0 Å². The SMILES string of the molecule is CN(C(=O)Cc1ccccc1Cl)C1CC1. The van der Waals surface area contributed by atoms with Crippen LogP contribution in [0.3, 0.4) is 0 Å². The average Bonchev–Trinajstić information content (AvgIpc) is 3.04. The van der Waals surface area contributed by atoms with Crippen LogP contribution in [-0.2, 0) is 11.2 Å². The van der Waals surface area contributed by atoms with Crippen LogP contribution in [-0.4, -0.2) is 23.9 Å². The Labute approximate surface area is 94.8 Å². The van der Waals surface area contributed by atoms with E-state index in [0.29, 0.717) is 17.5 Å². The number of halogens is 1. The molecule has 1 amide bonds. The average molecular weight is 224 g/mol. The lowest BCUT2D eigenvalue weighted by Crippen LogP contribution is -2.30. The van der Waals surface area contributed by atoms with Gasteiger partial charge in [0.05, 0.1) is 6.42 Å². The second-order valence-electron chi connectivity index (χ2n) is 4.00. The molecule has 0 N–H and O–H groups in total. The van der Waals surface area contributed by atoms with Gasteiger partial charge in [0.2, 0.25) is 5.91 Å². The number of hydrogen-bond donors (Lipinski definition) is 0. The van der Waals surface area contributed by atoms with Crippen molar-refractivity contribution in [3.05, 3.63) is 34.9 Å². The molecule has 0 spiro atoms. The Morgan fingerprint density at radius 3 is 2.73 bits per heavy atom. The summed E-state index contributed by atoms with van der Waals surface area (Å²) in [4.78, 5) is 13.7. The first-order valence-corrected chi connectivity index (χ1v) is 5.55. The molecule has 0 bridgehead atoms. The minimum atomic E-state index is 0.158. The van der Waals surface area contributed by atoms with Gasteiger partial charge in [-0.1, -0.05) is 29.8 Å². The third-order valence-corrected chi connectivity index (χ3v) is 3.16. The maximum absolute atomic E-state index is 11.8. The number of likely N-dealkylation sites (N-methyl/N-ethyl adjacent to an activating group) is 1. The van der Waals surface area contributed by atoms with Gasteiger partial charge in [-0.25, -0.2) is 0 Å². The molecule has 1 fully saturated rings. The lowest BCUT2D eigenvalue weighted by atomic mass is 10.1. The lowest BCUT2D eigenvalue weighted by Gasteiger charge is -2.16. The van der Waals surface area contributed by atoms with Crippen LogP contribution in [0.1, 0.15) is 18.4 Å². The van der Waals surface area contributed by atoms with E-state index < -0.39 is 0 Å². The van der Waals surface area contributed by atoms with Crippen molar-refractivity contribution in [1.29, 1.82) is 0 Å². The van der Waals surface area contributed by atoms with Crippen molar-refractivity contribution in [2.75, 3.05) is 7.05 Å². The summed E-state index contributed by atoms with van der Waals surface area (Å²) in [5.41, 5.74) is 0.914. The largest absolute Gasteiger partial charge is 0.342 e. The number of nitrogens with zero attached hydrogens (tertiary/aromatic N) is 1. The zero-order chi connectivity index (χ0) is 10.8. The molecule has 0 heterocycles. The van der Waals surface area contributed by atoms with Gasteiger partial charge in [-0.2, -0.15) is 0 Å². The van der Waals surface area contributed by atoms with Gasteiger partial charge in [-0.05, 0) is 24.5 Å². The van der Waals surface area contributed by atoms with Crippen LogP contribution in [0.2, 0.25) is 5.02 Å². The second kappa shape index (κ2) is 4.23. The van der Waals surface area contributed by atoms with Gasteiger partial charge in [0, 0.05) is 18.1 Å². The number of amides is 1. The first-order valence-electron chi connectivity index (χ1n) is 5.17. The number of hydrogen-bond acceptors (Lipinski definition) is 1. The Morgan fingerprint density at radius 2 is 2.13 bits per heavy atom. The third-order valence-electron chi connectivity index (χ3n) is 2.79. The molecular formula is C12H14ClNO. The van der Waals surface area contributed by atoms with E-state index in [-0.39, 0.29) is 5.91 Å². The fraction of sp³-hybridized carbons (Fsp3) is 0.417. The monoisotopic (exact) mass is 223 g/mol. The van der Waals surface area contributed by atoms with Gasteiger partial charge in [0.1, 0.15) is 0 Å². The van der Waals surface area contributed by atoms with Crippen molar-refractivity contribution in [3.63, 3.8) is 0 Å². The summed E-state index contributed by atoms with van der Waals surface area (Å²) in [7, 11) is 1.87. The molecule has 1 aliphatic carbocycles. The van der Waals surface area contributed by atoms with E-state index in [1.54, 1.807) is 0 Å². The lowest BCUT2D eigenvalue weighted by molar-refractivity contribution is -0.129. The standard InChI is InChI=1S/C12H14ClNO/c1-14(10-6-7-10)12(15)8-9-4-2-3-5-11(9)13/h2-5,10H,6-8H2,1H3. The Hall–Kier alpha value is -1.02. The highest BCUT2D eigenvalue weighted by Gasteiger charge is 2.29. The molecule has 0 atom stereocenters. The number of carbonyl (C=O) groups is 1. The predicted octanol–water partition coefficient (Wildman–Crippen LogP) is 2.50. The highest BCUT2D eigenvalue weighted by Crippen LogP contribution is 2.26. The zero-order valence-corrected chi connectivity index (χ0v) is 9.50. The summed E-state index contributed by atoms with van der Waals surface area (Å²) in [6.45, 7) is 0. The quantitative estimate of drug-likeness (QED) is 0.771. The Kier molecular flexibility index (Phi) is 2.96. The van der Waals surface area contributed by atoms with E-state index in [1.165, 1.54) is 0 Å². The molecule has 1 aliphatic rings. The minimum absolute atomic E-state index is 0.158. The summed E-state index contributed by atoms with van der Waals surface area (Å²) in [5, 5.41) is 0.676. The zero-order valence-electron chi connectivity index (χ0n) is 8.74. The van der Waals surface area contributed by atoms with Crippen molar-refractivity contribution in [2.45, 2.75) is 25.3 Å². The number of rotatable bonds is 3. The molecule has 1 saturated carbocycles. The highest BCUT2D eigenvalue weighted by molar-refractivity contribution is 6.31. The van der Waals surface area contributed by atoms with E-state index in [4.69, 9.17) is 11.6 Å². The topological polar surface area (TPSA) is 20.3 Å². The van der Waals surface area contributed by atoms with Gasteiger partial charge < -0.3 is 4.90 Å². The molecule has 2 nitrogen and oxygen atoms in total. The number of carbonyl (C=O) groups excluding carboxylic acids is 1. The van der Waals surface area contributed by atoms with Gasteiger partial charge in [-0.15, -0.1) is 0 Å². The third kappa shape index (κ3) is 2.51. The van der Waals surface area contributed by atoms with E-state index in [9.17, 15) is 4.79 Å². The van der Waals surface area contributed by atoms with Crippen LogP contribution < -0.4 is 0 Å². The first kappa shape index (κ1) is 10.5. The van der Waals surface area contributed by atoms with E-state index in [2.05, 4.69) is 0 Å². The van der Waals surface area contributed by atoms with Crippen LogP contribution in [0, 0.1) is 0 Å². The summed E-state index contributed by atoms with van der Waals surface area (Å²) < 4.78 is 0. The normalized spacial score (nSPS) is 15.1. The molecule has 3 heteroatoms. The fourth-order valence-electron chi connectivity index (χ4n) is 1.59. The summed E-state index contributed by atoms with van der Waals surface area (Å²) in [5.74, 6) is 0.158. The summed E-state index contributed by atoms with van der Waals surface area (Å²) in [6.07, 6.45) is 2.70. The van der Waals surface area contributed by atoms with Crippen molar-refractivity contribution in [1.82, 2.24) is 4.90 Å². The molecule has 15 heavy (non-hydrogen) atoms. The molecule has 0 saturated heterocycles. The van der Waals surface area contributed by atoms with Crippen LogP contribution >= 0.6 is 11.6 Å². The van der Waals surface area contributed by atoms with Gasteiger partial charge >= 0.3 is 0 Å². The fourth-order valence-corrected chi connectivity index (χ4v) is 1.80. The van der Waals surface area contributed by atoms with Crippen molar-refractivity contribution in [3.8, 4) is 0 Å². The van der Waals surface area contributed by atoms with E-state index in [0.717, 1.165) is 18.4 Å². The molecule has 2 rings (SSSR count). The van der Waals surface area contributed by atoms with Gasteiger partial charge in [0.25, 0.3) is 0 Å². The molecule has 0 aliphatic heterocycles. The summed E-state index contributed by atoms with van der Waals surface area (Å²) >= 11 is 6.00. The van der Waals surface area contributed by atoms with E-state index in [1.807, 2.05) is 36.2 Å². The smallest absolute Gasteiger partial charge is 0.227 e. The first-order chi connectivity index (χ1) is 7.18. The van der Waals surface area contributed by atoms with Gasteiger partial charge in [-0.3, -0.25) is 4.79 Å². The van der Waals surface area contributed by atoms with Crippen LogP contribution in [0.25, 0.3) is 0 Å². The highest BCUT2D eigenvalue weighted by atomic mass is 35.5. The van der Waals surface area contributed by atoms with Gasteiger partial charge in [0.15, 0.2) is 0 Å². The molecule has 1 aromatic carbocycles. The second-order valence-corrected chi connectivity index (χ2v) is 4.41. The van der Waals surface area contributed by atoms with Crippen molar-refractivity contribution < 1.29 is 4.79 Å². The maximum Gasteiger partial charge on any atom is 0.227 e. The van der Waals surface area contributed by atoms with Crippen molar-refractivity contribution >= 4 is 17.5 Å². The molecule has 80 valence electrons.